The summed E-state index contributed by atoms with van der Waals surface area (Å²) in [5, 5.41) is 3.58. The predicted molar refractivity (Wildman–Crippen MR) is 81.3 cm³/mol. The molecule has 0 radical (unpaired) electrons. The van der Waals surface area contributed by atoms with Crippen LogP contribution in [-0.4, -0.2) is 25.6 Å². The molecule has 0 aromatic heterocycles. The third-order valence-corrected chi connectivity index (χ3v) is 4.31. The van der Waals surface area contributed by atoms with Crippen LogP contribution in [0.3, 0.4) is 0 Å². The van der Waals surface area contributed by atoms with Crippen molar-refractivity contribution in [1.82, 2.24) is 5.32 Å². The highest BCUT2D eigenvalue weighted by Crippen LogP contribution is 2.32. The number of benzene rings is 1. The van der Waals surface area contributed by atoms with Crippen LogP contribution in [0.2, 0.25) is 0 Å². The Morgan fingerprint density at radius 2 is 2.26 bits per heavy atom. The molecule has 0 spiro atoms. The van der Waals surface area contributed by atoms with Crippen LogP contribution in [0.4, 0.5) is 0 Å². The highest BCUT2D eigenvalue weighted by Gasteiger charge is 2.20. The third kappa shape index (κ3) is 4.39. The Morgan fingerprint density at radius 3 is 3.11 bits per heavy atom. The number of para-hydroxylation sites is 1. The Hall–Kier alpha value is -0.730. The van der Waals surface area contributed by atoms with Gasteiger partial charge in [-0.15, -0.1) is 11.6 Å². The molecule has 2 nitrogen and oxygen atoms in total. The Balaban J connectivity index is 1.72. The van der Waals surface area contributed by atoms with Crippen molar-refractivity contribution in [1.29, 1.82) is 0 Å². The summed E-state index contributed by atoms with van der Waals surface area (Å²) in [5.41, 5.74) is 1.36. The van der Waals surface area contributed by atoms with E-state index in [-0.39, 0.29) is 0 Å². The maximum absolute atomic E-state index is 5.81. The van der Waals surface area contributed by atoms with E-state index in [4.69, 9.17) is 16.3 Å². The number of rotatable bonds is 7. The molecule has 2 atom stereocenters. The molecule has 2 unspecified atom stereocenters. The van der Waals surface area contributed by atoms with Gasteiger partial charge in [0, 0.05) is 18.3 Å². The van der Waals surface area contributed by atoms with Crippen molar-refractivity contribution in [3.8, 4) is 5.75 Å². The first kappa shape index (κ1) is 14.7. The van der Waals surface area contributed by atoms with Gasteiger partial charge in [-0.25, -0.2) is 0 Å². The monoisotopic (exact) mass is 281 g/mol. The topological polar surface area (TPSA) is 21.3 Å². The number of hydrogen-bond donors (Lipinski definition) is 1. The lowest BCUT2D eigenvalue weighted by atomic mass is 9.93. The van der Waals surface area contributed by atoms with Crippen LogP contribution in [0.15, 0.2) is 24.3 Å². The minimum absolute atomic E-state index is 0.593. The van der Waals surface area contributed by atoms with Crippen LogP contribution in [0.25, 0.3) is 0 Å². The van der Waals surface area contributed by atoms with Gasteiger partial charge in [0.05, 0.1) is 6.61 Å². The lowest BCUT2D eigenvalue weighted by molar-refractivity contribution is 0.264. The van der Waals surface area contributed by atoms with Crippen LogP contribution in [0.1, 0.15) is 37.7 Å². The average Bonchev–Trinajstić information content (AvgIpc) is 2.46. The number of alkyl halides is 1. The van der Waals surface area contributed by atoms with E-state index < -0.39 is 0 Å². The third-order valence-electron chi connectivity index (χ3n) is 3.79. The van der Waals surface area contributed by atoms with Crippen LogP contribution >= 0.6 is 11.6 Å². The van der Waals surface area contributed by atoms with E-state index in [0.29, 0.717) is 11.8 Å². The number of ether oxygens (including phenoxy) is 1. The van der Waals surface area contributed by atoms with Gasteiger partial charge in [0.2, 0.25) is 0 Å². The highest BCUT2D eigenvalue weighted by atomic mass is 35.5. The SMILES string of the molecule is CC(CCl)CCCNCC1CCOc2ccccc21. The van der Waals surface area contributed by atoms with Crippen molar-refractivity contribution in [3.63, 3.8) is 0 Å². The van der Waals surface area contributed by atoms with Gasteiger partial charge in [-0.2, -0.15) is 0 Å². The zero-order valence-electron chi connectivity index (χ0n) is 11.7. The number of fused-ring (bicyclic) bond motifs is 1. The standard InChI is InChI=1S/C16H24ClNO/c1-13(11-17)5-4-9-18-12-14-8-10-19-16-7-3-2-6-15(14)16/h2-3,6-7,13-14,18H,4-5,8-12H2,1H3. The second kappa shape index (κ2) is 7.76. The summed E-state index contributed by atoms with van der Waals surface area (Å²) in [6.07, 6.45) is 3.53. The molecule has 1 aromatic rings. The molecule has 3 heteroatoms. The van der Waals surface area contributed by atoms with Crippen molar-refractivity contribution < 1.29 is 4.74 Å². The molecule has 0 saturated heterocycles. The Bertz CT molecular complexity index is 383. The van der Waals surface area contributed by atoms with Crippen LogP contribution < -0.4 is 10.1 Å². The molecular weight excluding hydrogens is 258 g/mol. The van der Waals surface area contributed by atoms with Gasteiger partial charge >= 0.3 is 0 Å². The highest BCUT2D eigenvalue weighted by molar-refractivity contribution is 6.18. The summed E-state index contributed by atoms with van der Waals surface area (Å²) < 4.78 is 5.68. The van der Waals surface area contributed by atoms with E-state index in [0.717, 1.165) is 37.7 Å². The summed E-state index contributed by atoms with van der Waals surface area (Å²) in [5.74, 6) is 3.06. The van der Waals surface area contributed by atoms with E-state index in [2.05, 4.69) is 30.4 Å². The van der Waals surface area contributed by atoms with E-state index >= 15 is 0 Å². The fourth-order valence-electron chi connectivity index (χ4n) is 2.56. The minimum atomic E-state index is 0.593. The second-order valence-electron chi connectivity index (χ2n) is 5.48. The first-order valence-electron chi connectivity index (χ1n) is 7.29. The number of hydrogen-bond acceptors (Lipinski definition) is 2. The maximum atomic E-state index is 5.81. The van der Waals surface area contributed by atoms with Gasteiger partial charge in [0.25, 0.3) is 0 Å². The van der Waals surface area contributed by atoms with Gasteiger partial charge in [0.1, 0.15) is 5.75 Å². The lowest BCUT2D eigenvalue weighted by Crippen LogP contribution is -2.26. The van der Waals surface area contributed by atoms with Crippen molar-refractivity contribution in [2.45, 2.75) is 32.1 Å². The minimum Gasteiger partial charge on any atom is -0.493 e. The summed E-state index contributed by atoms with van der Waals surface area (Å²) in [6, 6.07) is 8.41. The first-order valence-corrected chi connectivity index (χ1v) is 7.83. The Labute approximate surface area is 121 Å². The average molecular weight is 282 g/mol. The van der Waals surface area contributed by atoms with Gasteiger partial charge in [0.15, 0.2) is 0 Å². The molecule has 0 fully saturated rings. The molecular formula is C16H24ClNO. The second-order valence-corrected chi connectivity index (χ2v) is 5.79. The molecule has 106 valence electrons. The van der Waals surface area contributed by atoms with Gasteiger partial charge in [-0.3, -0.25) is 0 Å². The molecule has 19 heavy (non-hydrogen) atoms. The fraction of sp³-hybridized carbons (Fsp3) is 0.625. The largest absolute Gasteiger partial charge is 0.493 e. The van der Waals surface area contributed by atoms with E-state index in [9.17, 15) is 0 Å². The Morgan fingerprint density at radius 1 is 1.42 bits per heavy atom. The first-order chi connectivity index (χ1) is 9.31. The molecule has 0 saturated carbocycles. The quantitative estimate of drug-likeness (QED) is 0.606. The number of halogens is 1. The molecule has 0 aliphatic carbocycles. The van der Waals surface area contributed by atoms with E-state index in [1.54, 1.807) is 0 Å². The van der Waals surface area contributed by atoms with Gasteiger partial charge in [-0.1, -0.05) is 25.1 Å². The van der Waals surface area contributed by atoms with E-state index in [1.165, 1.54) is 18.4 Å². The summed E-state index contributed by atoms with van der Waals surface area (Å²) >= 11 is 5.81. The van der Waals surface area contributed by atoms with Gasteiger partial charge in [-0.05, 0) is 43.4 Å². The van der Waals surface area contributed by atoms with Crippen LogP contribution in [-0.2, 0) is 0 Å². The fourth-order valence-corrected chi connectivity index (χ4v) is 2.71. The molecule has 0 bridgehead atoms. The van der Waals surface area contributed by atoms with Crippen LogP contribution in [0.5, 0.6) is 5.75 Å². The lowest BCUT2D eigenvalue weighted by Gasteiger charge is -2.26. The summed E-state index contributed by atoms with van der Waals surface area (Å²) in [4.78, 5) is 0. The number of nitrogens with one attached hydrogen (secondary N) is 1. The van der Waals surface area contributed by atoms with Crippen molar-refractivity contribution in [2.24, 2.45) is 5.92 Å². The van der Waals surface area contributed by atoms with Gasteiger partial charge < -0.3 is 10.1 Å². The molecule has 1 aliphatic rings. The summed E-state index contributed by atoms with van der Waals surface area (Å²) in [7, 11) is 0. The normalized spacial score (nSPS) is 19.6. The smallest absolute Gasteiger partial charge is 0.122 e. The molecule has 1 heterocycles. The molecule has 1 N–H and O–H groups in total. The zero-order valence-corrected chi connectivity index (χ0v) is 12.5. The van der Waals surface area contributed by atoms with Crippen molar-refractivity contribution in [2.75, 3.05) is 25.6 Å². The predicted octanol–water partition coefficient (Wildman–Crippen LogP) is 3.80. The zero-order chi connectivity index (χ0) is 13.5. The van der Waals surface area contributed by atoms with Crippen molar-refractivity contribution in [3.05, 3.63) is 29.8 Å². The van der Waals surface area contributed by atoms with Crippen LogP contribution in [0, 0.1) is 5.92 Å². The maximum Gasteiger partial charge on any atom is 0.122 e. The summed E-state index contributed by atoms with van der Waals surface area (Å²) in [6.45, 7) is 5.19. The Kier molecular flexibility index (Phi) is 5.99. The molecule has 0 amide bonds. The molecule has 1 aliphatic heterocycles. The van der Waals surface area contributed by atoms with E-state index in [1.807, 2.05) is 6.07 Å². The molecule has 2 rings (SSSR count). The molecule has 1 aromatic carbocycles. The van der Waals surface area contributed by atoms with Crippen molar-refractivity contribution >= 4 is 11.6 Å².